The van der Waals surface area contributed by atoms with Gasteiger partial charge < -0.3 is 10.4 Å². The Kier molecular flexibility index (Phi) is 3.94. The first kappa shape index (κ1) is 12.3. The minimum atomic E-state index is -0.716. The lowest BCUT2D eigenvalue weighted by molar-refractivity contribution is -0.137. The fourth-order valence-corrected chi connectivity index (χ4v) is 3.03. The molecule has 0 spiro atoms. The van der Waals surface area contributed by atoms with E-state index in [-0.39, 0.29) is 12.3 Å². The van der Waals surface area contributed by atoms with Crippen LogP contribution in [0.15, 0.2) is 23.1 Å². The molecule has 3 nitrogen and oxygen atoms in total. The second-order valence-electron chi connectivity index (χ2n) is 4.51. The summed E-state index contributed by atoms with van der Waals surface area (Å²) in [5.74, 6) is 0.569. The third-order valence-corrected chi connectivity index (χ3v) is 3.89. The highest BCUT2D eigenvalue weighted by molar-refractivity contribution is 7.99. The van der Waals surface area contributed by atoms with Crippen LogP contribution in [0, 0.1) is 5.92 Å². The first-order valence-electron chi connectivity index (χ1n) is 5.86. The van der Waals surface area contributed by atoms with Gasteiger partial charge in [0.2, 0.25) is 0 Å². The molecular formula is C13H17NO2S. The number of hydrogen-bond donors (Lipinski definition) is 2. The predicted molar refractivity (Wildman–Crippen MR) is 70.8 cm³/mol. The van der Waals surface area contributed by atoms with Gasteiger partial charge in [0.15, 0.2) is 0 Å². The molecule has 1 aromatic carbocycles. The van der Waals surface area contributed by atoms with Gasteiger partial charge >= 0.3 is 5.97 Å². The standard InChI is InChI=1S/C13H17NO2S/c1-9(7-13(15)16)6-10-2-3-11-12(8-10)17-5-4-14-11/h2-3,8-9,14H,4-7H2,1H3,(H,15,16). The van der Waals surface area contributed by atoms with Crippen molar-refractivity contribution in [3.05, 3.63) is 23.8 Å². The van der Waals surface area contributed by atoms with Crippen molar-refractivity contribution >= 4 is 23.4 Å². The minimum absolute atomic E-state index is 0.187. The van der Waals surface area contributed by atoms with Crippen LogP contribution in [0.3, 0.4) is 0 Å². The summed E-state index contributed by atoms with van der Waals surface area (Å²) >= 11 is 1.87. The van der Waals surface area contributed by atoms with E-state index < -0.39 is 5.97 Å². The molecule has 0 bridgehead atoms. The molecule has 0 saturated carbocycles. The van der Waals surface area contributed by atoms with Crippen LogP contribution in [0.25, 0.3) is 0 Å². The van der Waals surface area contributed by atoms with E-state index in [0.29, 0.717) is 0 Å². The second kappa shape index (κ2) is 5.45. The number of carboxylic acids is 1. The summed E-state index contributed by atoms with van der Waals surface area (Å²) in [6.45, 7) is 3.01. The molecule has 0 fully saturated rings. The highest BCUT2D eigenvalue weighted by atomic mass is 32.2. The quantitative estimate of drug-likeness (QED) is 0.864. The highest BCUT2D eigenvalue weighted by Gasteiger charge is 2.12. The van der Waals surface area contributed by atoms with Gasteiger partial charge in [-0.3, -0.25) is 4.79 Å². The molecule has 2 N–H and O–H groups in total. The summed E-state index contributed by atoms with van der Waals surface area (Å²) in [7, 11) is 0. The Bertz CT molecular complexity index is 420. The summed E-state index contributed by atoms with van der Waals surface area (Å²) in [5.41, 5.74) is 2.43. The van der Waals surface area contributed by atoms with Crippen LogP contribution in [0.5, 0.6) is 0 Å². The van der Waals surface area contributed by atoms with E-state index in [4.69, 9.17) is 5.11 Å². The summed E-state index contributed by atoms with van der Waals surface area (Å²) in [5, 5.41) is 12.1. The monoisotopic (exact) mass is 251 g/mol. The van der Waals surface area contributed by atoms with Gasteiger partial charge in [0.05, 0.1) is 0 Å². The molecule has 0 aliphatic carbocycles. The van der Waals surface area contributed by atoms with E-state index in [2.05, 4.69) is 23.5 Å². The first-order chi connectivity index (χ1) is 8.15. The van der Waals surface area contributed by atoms with E-state index in [9.17, 15) is 4.79 Å². The summed E-state index contributed by atoms with van der Waals surface area (Å²) in [6, 6.07) is 6.38. The lowest BCUT2D eigenvalue weighted by Gasteiger charge is -2.18. The van der Waals surface area contributed by atoms with Crippen molar-refractivity contribution in [1.82, 2.24) is 0 Å². The zero-order chi connectivity index (χ0) is 12.3. The molecule has 92 valence electrons. The number of fused-ring (bicyclic) bond motifs is 1. The molecule has 0 radical (unpaired) electrons. The van der Waals surface area contributed by atoms with Gasteiger partial charge in [-0.2, -0.15) is 0 Å². The van der Waals surface area contributed by atoms with Crippen molar-refractivity contribution in [1.29, 1.82) is 0 Å². The number of benzene rings is 1. The van der Waals surface area contributed by atoms with Crippen LogP contribution in [0.4, 0.5) is 5.69 Å². The first-order valence-corrected chi connectivity index (χ1v) is 6.85. The van der Waals surface area contributed by atoms with Crippen LogP contribution in [0.1, 0.15) is 18.9 Å². The van der Waals surface area contributed by atoms with Crippen molar-refractivity contribution in [3.8, 4) is 0 Å². The van der Waals surface area contributed by atoms with E-state index in [0.717, 1.165) is 18.7 Å². The Morgan fingerprint density at radius 3 is 3.18 bits per heavy atom. The lowest BCUT2D eigenvalue weighted by Crippen LogP contribution is -2.11. The molecular weight excluding hydrogens is 234 g/mol. The average Bonchev–Trinajstić information content (AvgIpc) is 2.27. The molecule has 0 aromatic heterocycles. The van der Waals surface area contributed by atoms with Crippen molar-refractivity contribution in [2.24, 2.45) is 5.92 Å². The normalized spacial score (nSPS) is 15.8. The Balaban J connectivity index is 2.04. The van der Waals surface area contributed by atoms with Gasteiger partial charge in [-0.05, 0) is 30.0 Å². The van der Waals surface area contributed by atoms with Crippen molar-refractivity contribution < 1.29 is 9.90 Å². The van der Waals surface area contributed by atoms with Gasteiger partial charge in [0, 0.05) is 29.3 Å². The molecule has 17 heavy (non-hydrogen) atoms. The number of carbonyl (C=O) groups is 1. The predicted octanol–water partition coefficient (Wildman–Crippen LogP) is 2.86. The maximum absolute atomic E-state index is 10.6. The second-order valence-corrected chi connectivity index (χ2v) is 5.65. The molecule has 1 aromatic rings. The molecule has 1 aliphatic heterocycles. The summed E-state index contributed by atoms with van der Waals surface area (Å²) in [4.78, 5) is 11.9. The molecule has 4 heteroatoms. The van der Waals surface area contributed by atoms with E-state index in [1.54, 1.807) is 0 Å². The number of aliphatic carboxylic acids is 1. The number of thioether (sulfide) groups is 1. The van der Waals surface area contributed by atoms with Crippen molar-refractivity contribution in [2.45, 2.75) is 24.7 Å². The maximum Gasteiger partial charge on any atom is 0.303 e. The molecule has 0 amide bonds. The molecule has 1 atom stereocenters. The number of nitrogens with one attached hydrogen (secondary N) is 1. The van der Waals surface area contributed by atoms with E-state index >= 15 is 0 Å². The van der Waals surface area contributed by atoms with E-state index in [1.165, 1.54) is 16.1 Å². The topological polar surface area (TPSA) is 49.3 Å². The number of rotatable bonds is 4. The van der Waals surface area contributed by atoms with Crippen LogP contribution < -0.4 is 5.32 Å². The number of anilines is 1. The number of carboxylic acid groups (broad SMARTS) is 1. The SMILES string of the molecule is CC(CC(=O)O)Cc1ccc2c(c1)SCCN2. The molecule has 1 heterocycles. The lowest BCUT2D eigenvalue weighted by atomic mass is 9.98. The van der Waals surface area contributed by atoms with Gasteiger partial charge in [-0.25, -0.2) is 0 Å². The highest BCUT2D eigenvalue weighted by Crippen LogP contribution is 2.32. The smallest absolute Gasteiger partial charge is 0.303 e. The minimum Gasteiger partial charge on any atom is -0.481 e. The average molecular weight is 251 g/mol. The fourth-order valence-electron chi connectivity index (χ4n) is 2.08. The summed E-state index contributed by atoms with van der Waals surface area (Å²) < 4.78 is 0. The molecule has 1 unspecified atom stereocenters. The Morgan fingerprint density at radius 2 is 2.41 bits per heavy atom. The largest absolute Gasteiger partial charge is 0.481 e. The summed E-state index contributed by atoms with van der Waals surface area (Å²) in [6.07, 6.45) is 1.07. The van der Waals surface area contributed by atoms with Crippen LogP contribution in [-0.2, 0) is 11.2 Å². The van der Waals surface area contributed by atoms with Gasteiger partial charge in [0.25, 0.3) is 0 Å². The molecule has 2 rings (SSSR count). The van der Waals surface area contributed by atoms with Gasteiger partial charge in [-0.1, -0.05) is 13.0 Å². The van der Waals surface area contributed by atoms with Crippen LogP contribution in [-0.4, -0.2) is 23.4 Å². The van der Waals surface area contributed by atoms with Crippen LogP contribution >= 0.6 is 11.8 Å². The molecule has 0 saturated heterocycles. The third-order valence-electron chi connectivity index (χ3n) is 2.83. The Labute approximate surface area is 106 Å². The Hall–Kier alpha value is -1.16. The maximum atomic E-state index is 10.6. The van der Waals surface area contributed by atoms with Gasteiger partial charge in [0.1, 0.15) is 0 Å². The van der Waals surface area contributed by atoms with Crippen LogP contribution in [0.2, 0.25) is 0 Å². The molecule has 1 aliphatic rings. The van der Waals surface area contributed by atoms with Gasteiger partial charge in [-0.15, -0.1) is 11.8 Å². The number of hydrogen-bond acceptors (Lipinski definition) is 3. The van der Waals surface area contributed by atoms with E-state index in [1.807, 2.05) is 18.7 Å². The van der Waals surface area contributed by atoms with Crippen molar-refractivity contribution in [3.63, 3.8) is 0 Å². The zero-order valence-corrected chi connectivity index (χ0v) is 10.7. The van der Waals surface area contributed by atoms with Crippen molar-refractivity contribution in [2.75, 3.05) is 17.6 Å². The third kappa shape index (κ3) is 3.40. The zero-order valence-electron chi connectivity index (χ0n) is 9.90. The Morgan fingerprint density at radius 1 is 1.59 bits per heavy atom. The fraction of sp³-hybridized carbons (Fsp3) is 0.462.